The number of nitrogens with one attached hydrogen (secondary N) is 1. The lowest BCUT2D eigenvalue weighted by Gasteiger charge is -2.49. The number of rotatable bonds is 7. The highest BCUT2D eigenvalue weighted by Gasteiger charge is 2.53. The molecule has 154 valence electrons. The molecule has 0 spiro atoms. The number of carboxylic acid groups (broad SMARTS) is 1. The van der Waals surface area contributed by atoms with Gasteiger partial charge in [-0.3, -0.25) is 14.5 Å². The molecule has 2 amide bonds. The highest BCUT2D eigenvalue weighted by molar-refractivity contribution is 8.00. The Hall–Kier alpha value is -2.52. The molecule has 1 aromatic rings. The molecule has 3 rings (SSSR count). The molecule has 0 bridgehead atoms. The molecule has 2 aliphatic rings. The fourth-order valence-electron chi connectivity index (χ4n) is 3.05. The minimum Gasteiger partial charge on any atom is -0.477 e. The Balaban J connectivity index is 1.47. The van der Waals surface area contributed by atoms with Gasteiger partial charge in [0.25, 0.3) is 5.91 Å². The van der Waals surface area contributed by atoms with Gasteiger partial charge in [0, 0.05) is 10.8 Å². The van der Waals surface area contributed by atoms with Crippen molar-refractivity contribution in [1.29, 1.82) is 0 Å². The Morgan fingerprint density at radius 3 is 2.72 bits per heavy atom. The first-order valence-electron chi connectivity index (χ1n) is 8.89. The number of carbonyl (C=O) groups is 3. The number of halogens is 1. The summed E-state index contributed by atoms with van der Waals surface area (Å²) in [5.41, 5.74) is 2.15. The number of nitrogens with zero attached hydrogens (tertiary/aromatic N) is 2. The summed E-state index contributed by atoms with van der Waals surface area (Å²) in [6.07, 6.45) is 0.0270. The van der Waals surface area contributed by atoms with Gasteiger partial charge in [0.05, 0.1) is 12.1 Å². The fraction of sp³-hybridized carbons (Fsp3) is 0.368. The molecule has 0 aromatic heterocycles. The summed E-state index contributed by atoms with van der Waals surface area (Å²) >= 11 is 7.28. The summed E-state index contributed by atoms with van der Waals surface area (Å²) in [5, 5.41) is 16.2. The lowest BCUT2D eigenvalue weighted by Crippen LogP contribution is -2.70. The van der Waals surface area contributed by atoms with Crippen LogP contribution in [0.15, 0.2) is 40.7 Å². The maximum Gasteiger partial charge on any atom is 0.352 e. The van der Waals surface area contributed by atoms with Crippen LogP contribution in [0.25, 0.3) is 0 Å². The van der Waals surface area contributed by atoms with Crippen molar-refractivity contribution in [3.8, 4) is 0 Å². The Kier molecular flexibility index (Phi) is 6.49. The Bertz CT molecular complexity index is 900. The van der Waals surface area contributed by atoms with Crippen LogP contribution in [-0.2, 0) is 19.2 Å². The zero-order valence-electron chi connectivity index (χ0n) is 15.8. The second-order valence-corrected chi connectivity index (χ2v) is 8.20. The summed E-state index contributed by atoms with van der Waals surface area (Å²) in [5.74, 6) is -1.39. The van der Waals surface area contributed by atoms with E-state index in [1.165, 1.54) is 16.7 Å². The number of thioether (sulfide) groups is 1. The van der Waals surface area contributed by atoms with Gasteiger partial charge in [-0.2, -0.15) is 0 Å². The first-order valence-corrected chi connectivity index (χ1v) is 10.3. The highest BCUT2D eigenvalue weighted by Crippen LogP contribution is 2.40. The number of fused-ring (bicyclic) bond motifs is 1. The van der Waals surface area contributed by atoms with Crippen molar-refractivity contribution >= 4 is 46.9 Å². The number of β-lactam (4-membered cyclic amide) rings is 1. The van der Waals surface area contributed by atoms with E-state index in [9.17, 15) is 19.5 Å². The number of benzene rings is 1. The third-order valence-corrected chi connectivity index (χ3v) is 6.24. The second-order valence-electron chi connectivity index (χ2n) is 6.66. The molecule has 2 N–H and O–H groups in total. The van der Waals surface area contributed by atoms with Crippen molar-refractivity contribution in [2.75, 3.05) is 12.4 Å². The number of amides is 2. The second kappa shape index (κ2) is 8.87. The van der Waals surface area contributed by atoms with E-state index < -0.39 is 23.3 Å². The van der Waals surface area contributed by atoms with Crippen LogP contribution in [0.5, 0.6) is 0 Å². The predicted octanol–water partition coefficient (Wildman–Crippen LogP) is 2.23. The van der Waals surface area contributed by atoms with Crippen molar-refractivity contribution in [2.24, 2.45) is 5.16 Å². The van der Waals surface area contributed by atoms with Crippen molar-refractivity contribution < 1.29 is 24.3 Å². The average Bonchev–Trinajstić information content (AvgIpc) is 2.69. The molecule has 2 atom stereocenters. The van der Waals surface area contributed by atoms with Gasteiger partial charge in [0.2, 0.25) is 5.91 Å². The zero-order chi connectivity index (χ0) is 21.1. The van der Waals surface area contributed by atoms with Crippen LogP contribution in [0.4, 0.5) is 0 Å². The molecule has 10 heteroatoms. The Morgan fingerprint density at radius 2 is 2.07 bits per heavy atom. The molecule has 2 aliphatic heterocycles. The number of oxime groups is 1. The minimum absolute atomic E-state index is 0.0135. The van der Waals surface area contributed by atoms with Crippen LogP contribution in [-0.4, -0.2) is 57.3 Å². The van der Waals surface area contributed by atoms with E-state index in [0.717, 1.165) is 5.56 Å². The molecule has 1 aromatic carbocycles. The molecule has 2 heterocycles. The fourth-order valence-corrected chi connectivity index (χ4v) is 4.46. The van der Waals surface area contributed by atoms with E-state index in [4.69, 9.17) is 16.4 Å². The third-order valence-electron chi connectivity index (χ3n) is 4.56. The van der Waals surface area contributed by atoms with Gasteiger partial charge in [-0.05, 0) is 37.1 Å². The average molecular weight is 438 g/mol. The van der Waals surface area contributed by atoms with E-state index in [-0.39, 0.29) is 24.6 Å². The number of aliphatic carboxylic acids is 1. The minimum atomic E-state index is -1.13. The molecule has 1 fully saturated rings. The number of hydrogen-bond donors (Lipinski definition) is 2. The molecule has 2 unspecified atom stereocenters. The molecular weight excluding hydrogens is 418 g/mol. The maximum atomic E-state index is 12.3. The summed E-state index contributed by atoms with van der Waals surface area (Å²) in [6.45, 7) is 3.52. The highest BCUT2D eigenvalue weighted by atomic mass is 35.5. The molecule has 0 saturated carbocycles. The van der Waals surface area contributed by atoms with Crippen molar-refractivity contribution in [3.63, 3.8) is 0 Å². The largest absolute Gasteiger partial charge is 0.477 e. The lowest BCUT2D eigenvalue weighted by molar-refractivity contribution is -0.150. The van der Waals surface area contributed by atoms with Crippen LogP contribution in [0.1, 0.15) is 25.8 Å². The first kappa shape index (κ1) is 21.2. The van der Waals surface area contributed by atoms with Gasteiger partial charge in [-0.1, -0.05) is 28.9 Å². The normalized spacial score (nSPS) is 21.4. The van der Waals surface area contributed by atoms with E-state index >= 15 is 0 Å². The van der Waals surface area contributed by atoms with E-state index in [0.29, 0.717) is 22.1 Å². The molecular formula is C19H20ClN3O5S. The molecule has 0 radical (unpaired) electrons. The van der Waals surface area contributed by atoms with Crippen molar-refractivity contribution in [1.82, 2.24) is 10.2 Å². The van der Waals surface area contributed by atoms with Crippen LogP contribution < -0.4 is 5.32 Å². The summed E-state index contributed by atoms with van der Waals surface area (Å²) in [7, 11) is 0. The van der Waals surface area contributed by atoms with E-state index in [2.05, 4.69) is 10.5 Å². The van der Waals surface area contributed by atoms with Gasteiger partial charge in [0.15, 0.2) is 0 Å². The SMILES string of the molecule is CC1=C(C(=O)O)N2C(=O)C(NC(=O)CCO/N=C(\C)c3ccc(Cl)cc3)C2SC1. The molecule has 29 heavy (non-hydrogen) atoms. The molecule has 0 aliphatic carbocycles. The number of hydrogen-bond acceptors (Lipinski definition) is 6. The predicted molar refractivity (Wildman–Crippen MR) is 110 cm³/mol. The van der Waals surface area contributed by atoms with Gasteiger partial charge < -0.3 is 15.3 Å². The Morgan fingerprint density at radius 1 is 1.38 bits per heavy atom. The summed E-state index contributed by atoms with van der Waals surface area (Å²) in [6, 6.07) is 6.40. The topological polar surface area (TPSA) is 108 Å². The van der Waals surface area contributed by atoms with Crippen LogP contribution in [0, 0.1) is 0 Å². The monoisotopic (exact) mass is 437 g/mol. The third kappa shape index (κ3) is 4.56. The smallest absolute Gasteiger partial charge is 0.352 e. The van der Waals surface area contributed by atoms with Crippen molar-refractivity contribution in [2.45, 2.75) is 31.7 Å². The van der Waals surface area contributed by atoms with Gasteiger partial charge in [-0.25, -0.2) is 4.79 Å². The standard InChI is InChI=1S/C19H20ClN3O5S/c1-10-9-29-18-15(17(25)23(18)16(10)19(26)27)21-14(24)7-8-28-22-11(2)12-3-5-13(20)6-4-12/h3-6,15,18H,7-9H2,1-2H3,(H,21,24)(H,26,27)/b22-11+. The van der Waals surface area contributed by atoms with Gasteiger partial charge in [0.1, 0.15) is 23.7 Å². The van der Waals surface area contributed by atoms with Crippen LogP contribution in [0.3, 0.4) is 0 Å². The molecule has 1 saturated heterocycles. The summed E-state index contributed by atoms with van der Waals surface area (Å²) < 4.78 is 0. The van der Waals surface area contributed by atoms with E-state index in [1.54, 1.807) is 26.0 Å². The summed E-state index contributed by atoms with van der Waals surface area (Å²) in [4.78, 5) is 42.3. The lowest BCUT2D eigenvalue weighted by atomic mass is 10.0. The van der Waals surface area contributed by atoms with Crippen LogP contribution in [0.2, 0.25) is 5.02 Å². The number of carbonyl (C=O) groups excluding carboxylic acids is 2. The first-order chi connectivity index (χ1) is 13.8. The van der Waals surface area contributed by atoms with Crippen LogP contribution >= 0.6 is 23.4 Å². The zero-order valence-corrected chi connectivity index (χ0v) is 17.4. The van der Waals surface area contributed by atoms with E-state index in [1.807, 2.05) is 12.1 Å². The quantitative estimate of drug-likeness (QED) is 0.293. The van der Waals surface area contributed by atoms with Crippen molar-refractivity contribution in [3.05, 3.63) is 46.1 Å². The number of carboxylic acids is 1. The Labute approximate surface area is 176 Å². The maximum absolute atomic E-state index is 12.3. The van der Waals surface area contributed by atoms with Gasteiger partial charge >= 0.3 is 5.97 Å². The molecule has 8 nitrogen and oxygen atoms in total. The van der Waals surface area contributed by atoms with Gasteiger partial charge in [-0.15, -0.1) is 11.8 Å².